The molecular formula is C32H40N+. The zero-order valence-electron chi connectivity index (χ0n) is 20.9. The lowest BCUT2D eigenvalue weighted by molar-refractivity contribution is -0.744. The summed E-state index contributed by atoms with van der Waals surface area (Å²) in [7, 11) is 0. The fourth-order valence-corrected chi connectivity index (χ4v) is 9.25. The highest BCUT2D eigenvalue weighted by molar-refractivity contribution is 6.07. The molecule has 1 aromatic heterocycles. The number of pyridine rings is 1. The molecule has 2 saturated carbocycles. The van der Waals surface area contributed by atoms with Gasteiger partial charge in [0.15, 0.2) is 11.7 Å². The van der Waals surface area contributed by atoms with Crippen LogP contribution in [0.25, 0.3) is 21.7 Å². The molecule has 2 aromatic carbocycles. The van der Waals surface area contributed by atoms with E-state index < -0.39 is 0 Å². The number of rotatable bonds is 5. The molecular weight excluding hydrogens is 398 g/mol. The van der Waals surface area contributed by atoms with E-state index in [0.717, 1.165) is 29.6 Å². The molecule has 1 nitrogen and oxygen atoms in total. The van der Waals surface area contributed by atoms with E-state index in [9.17, 15) is 0 Å². The summed E-state index contributed by atoms with van der Waals surface area (Å²) in [5.74, 6) is 4.54. The summed E-state index contributed by atoms with van der Waals surface area (Å²) in [6.45, 7) is 7.22. The monoisotopic (exact) mass is 438 g/mol. The van der Waals surface area contributed by atoms with Crippen molar-refractivity contribution in [2.24, 2.45) is 17.8 Å². The average molecular weight is 439 g/mol. The van der Waals surface area contributed by atoms with Crippen LogP contribution in [-0.2, 0) is 12.0 Å². The molecule has 1 heteroatoms. The third-order valence-corrected chi connectivity index (χ3v) is 10.9. The van der Waals surface area contributed by atoms with Gasteiger partial charge in [-0.3, -0.25) is 0 Å². The summed E-state index contributed by atoms with van der Waals surface area (Å²) in [5.41, 5.74) is 6.92. The van der Waals surface area contributed by atoms with Crippen LogP contribution in [0.1, 0.15) is 107 Å². The first-order valence-electron chi connectivity index (χ1n) is 14.1. The van der Waals surface area contributed by atoms with E-state index in [1.54, 1.807) is 33.0 Å². The summed E-state index contributed by atoms with van der Waals surface area (Å²) >= 11 is 0. The van der Waals surface area contributed by atoms with Crippen LogP contribution in [0.5, 0.6) is 0 Å². The molecule has 2 heterocycles. The molecule has 0 spiro atoms. The summed E-state index contributed by atoms with van der Waals surface area (Å²) in [4.78, 5) is 0. The minimum absolute atomic E-state index is 0.225. The van der Waals surface area contributed by atoms with Crippen molar-refractivity contribution < 1.29 is 4.57 Å². The van der Waals surface area contributed by atoms with Crippen molar-refractivity contribution in [2.75, 3.05) is 0 Å². The van der Waals surface area contributed by atoms with Crippen LogP contribution in [0.15, 0.2) is 36.5 Å². The molecule has 2 fully saturated rings. The molecule has 1 aliphatic heterocycles. The van der Waals surface area contributed by atoms with E-state index in [2.05, 4.69) is 61.9 Å². The van der Waals surface area contributed by atoms with Crippen molar-refractivity contribution in [1.82, 2.24) is 0 Å². The van der Waals surface area contributed by atoms with E-state index in [1.165, 1.54) is 69.6 Å². The first-order chi connectivity index (χ1) is 16.2. The van der Waals surface area contributed by atoms with Gasteiger partial charge in [-0.05, 0) is 84.3 Å². The predicted octanol–water partition coefficient (Wildman–Crippen LogP) is 8.16. The molecule has 0 radical (unpaired) electrons. The summed E-state index contributed by atoms with van der Waals surface area (Å²) in [5, 5.41) is 4.61. The van der Waals surface area contributed by atoms with Crippen molar-refractivity contribution in [3.8, 4) is 0 Å². The zero-order chi connectivity index (χ0) is 22.3. The predicted molar refractivity (Wildman–Crippen MR) is 138 cm³/mol. The number of nitrogens with zero attached hydrogens (tertiary/aromatic N) is 1. The lowest BCUT2D eigenvalue weighted by atomic mass is 9.59. The van der Waals surface area contributed by atoms with E-state index in [-0.39, 0.29) is 5.54 Å². The smallest absolute Gasteiger partial charge is 0.192 e. The highest BCUT2D eigenvalue weighted by Crippen LogP contribution is 2.60. The van der Waals surface area contributed by atoms with Crippen LogP contribution in [0.4, 0.5) is 0 Å². The quantitative estimate of drug-likeness (QED) is 0.279. The third-order valence-electron chi connectivity index (χ3n) is 10.9. The molecule has 0 N–H and O–H groups in total. The molecule has 2 atom stereocenters. The van der Waals surface area contributed by atoms with Gasteiger partial charge in [0.2, 0.25) is 5.52 Å². The van der Waals surface area contributed by atoms with Gasteiger partial charge >= 0.3 is 0 Å². The van der Waals surface area contributed by atoms with Crippen molar-refractivity contribution in [3.63, 3.8) is 0 Å². The number of aromatic nitrogens is 1. The van der Waals surface area contributed by atoms with Crippen LogP contribution in [0, 0.1) is 17.8 Å². The van der Waals surface area contributed by atoms with Crippen LogP contribution < -0.4 is 4.57 Å². The molecule has 4 aliphatic carbocycles. The highest BCUT2D eigenvalue weighted by atomic mass is 15.1. The SMILES string of the molecule is CCCCC1C2CC3CC1CC(C2)c1c3c[n+]2c3c1ccc1cccc(c13)CC2(CC)CC. The van der Waals surface area contributed by atoms with Gasteiger partial charge in [0, 0.05) is 24.8 Å². The van der Waals surface area contributed by atoms with Gasteiger partial charge in [-0.2, -0.15) is 4.57 Å². The van der Waals surface area contributed by atoms with E-state index in [0.29, 0.717) is 0 Å². The Morgan fingerprint density at radius 2 is 1.67 bits per heavy atom. The zero-order valence-corrected chi connectivity index (χ0v) is 20.9. The average Bonchev–Trinajstić information content (AvgIpc) is 3.04. The Labute approximate surface area is 199 Å². The third kappa shape index (κ3) is 2.69. The fraction of sp³-hybridized carbons (Fsp3) is 0.594. The second-order valence-electron chi connectivity index (χ2n) is 12.1. The second-order valence-corrected chi connectivity index (χ2v) is 12.1. The number of unbranched alkanes of at least 4 members (excludes halogenated alkanes) is 1. The van der Waals surface area contributed by atoms with Gasteiger partial charge in [0.05, 0.1) is 10.8 Å². The van der Waals surface area contributed by atoms with Crippen LogP contribution >= 0.6 is 0 Å². The largest absolute Gasteiger partial charge is 0.221 e. The highest BCUT2D eigenvalue weighted by Gasteiger charge is 2.51. The van der Waals surface area contributed by atoms with Crippen molar-refractivity contribution >= 4 is 21.7 Å². The molecule has 172 valence electrons. The van der Waals surface area contributed by atoms with Crippen molar-refractivity contribution in [3.05, 3.63) is 53.2 Å². The number of benzene rings is 2. The normalized spacial score (nSPS) is 30.8. The Balaban J connectivity index is 1.49. The lowest BCUT2D eigenvalue weighted by Crippen LogP contribution is -2.59. The number of hydrogen-bond donors (Lipinski definition) is 0. The molecule has 0 amide bonds. The van der Waals surface area contributed by atoms with Gasteiger partial charge in [-0.25, -0.2) is 0 Å². The van der Waals surface area contributed by atoms with Crippen LogP contribution in [0.3, 0.4) is 0 Å². The maximum atomic E-state index is 2.82. The summed E-state index contributed by atoms with van der Waals surface area (Å²) in [6.07, 6.45) is 16.5. The van der Waals surface area contributed by atoms with E-state index in [4.69, 9.17) is 0 Å². The Hall–Kier alpha value is -1.89. The molecule has 5 aliphatic rings. The summed E-state index contributed by atoms with van der Waals surface area (Å²) in [6, 6.07) is 12.0. The van der Waals surface area contributed by atoms with Crippen LogP contribution in [-0.4, -0.2) is 0 Å². The first kappa shape index (κ1) is 20.5. The lowest BCUT2D eigenvalue weighted by Gasteiger charge is -2.46. The van der Waals surface area contributed by atoms with Gasteiger partial charge in [-0.15, -0.1) is 0 Å². The van der Waals surface area contributed by atoms with Crippen molar-refractivity contribution in [2.45, 2.75) is 102 Å². The Kier molecular flexibility index (Phi) is 4.53. The molecule has 3 aromatic rings. The standard InChI is InChI=1S/C32H40N/c1-4-7-11-26-22-14-24-15-23(26)17-25(16-22)30-27-13-12-20-9-8-10-21-18-32(5-2,6-3)33(19-28(24)30)31(27)29(20)21/h8-10,12-13,19,22-26H,4-7,11,14-18H2,1-3H3/q+1. The Morgan fingerprint density at radius 1 is 0.909 bits per heavy atom. The minimum Gasteiger partial charge on any atom is -0.192 e. The number of hydrogen-bond acceptors (Lipinski definition) is 0. The second kappa shape index (κ2) is 7.30. The van der Waals surface area contributed by atoms with Gasteiger partial charge in [-0.1, -0.05) is 57.9 Å². The molecule has 0 saturated heterocycles. The first-order valence-corrected chi connectivity index (χ1v) is 14.1. The van der Waals surface area contributed by atoms with Crippen molar-refractivity contribution in [1.29, 1.82) is 0 Å². The van der Waals surface area contributed by atoms with Crippen LogP contribution in [0.2, 0.25) is 0 Å². The fourth-order valence-electron chi connectivity index (χ4n) is 9.25. The molecule has 4 bridgehead atoms. The minimum atomic E-state index is 0.225. The van der Waals surface area contributed by atoms with Gasteiger partial charge in [0.25, 0.3) is 0 Å². The topological polar surface area (TPSA) is 3.88 Å². The molecule has 2 unspecified atom stereocenters. The van der Waals surface area contributed by atoms with Gasteiger partial charge < -0.3 is 0 Å². The molecule has 8 rings (SSSR count). The summed E-state index contributed by atoms with van der Waals surface area (Å²) < 4.78 is 2.82. The maximum absolute atomic E-state index is 2.82. The Morgan fingerprint density at radius 3 is 2.39 bits per heavy atom. The molecule has 33 heavy (non-hydrogen) atoms. The van der Waals surface area contributed by atoms with E-state index >= 15 is 0 Å². The van der Waals surface area contributed by atoms with Gasteiger partial charge in [0.1, 0.15) is 0 Å². The Bertz CT molecular complexity index is 1230. The maximum Gasteiger partial charge on any atom is 0.221 e. The van der Waals surface area contributed by atoms with E-state index in [1.807, 2.05) is 0 Å².